The monoisotopic (exact) mass is 346 g/mol. The Balaban J connectivity index is 1.38. The minimum Gasteiger partial charge on any atom is -0.364 e. The molecule has 5 heteroatoms. The summed E-state index contributed by atoms with van der Waals surface area (Å²) >= 11 is 0. The Bertz CT molecular complexity index is 966. The topological polar surface area (TPSA) is 55.6 Å². The first-order valence-corrected chi connectivity index (χ1v) is 8.79. The highest BCUT2D eigenvalue weighted by atomic mass is 16.5. The summed E-state index contributed by atoms with van der Waals surface area (Å²) in [5.41, 5.74) is 3.64. The molecule has 1 atom stereocenters. The van der Waals surface area contributed by atoms with E-state index in [2.05, 4.69) is 17.3 Å². The van der Waals surface area contributed by atoms with Gasteiger partial charge in [0.15, 0.2) is 0 Å². The maximum atomic E-state index is 12.9. The van der Waals surface area contributed by atoms with Gasteiger partial charge < -0.3 is 14.2 Å². The van der Waals surface area contributed by atoms with Gasteiger partial charge in [-0.3, -0.25) is 4.79 Å². The molecule has 2 aliphatic heterocycles. The Hall–Kier alpha value is -2.92. The summed E-state index contributed by atoms with van der Waals surface area (Å²) in [6.45, 7) is 1.80. The number of ether oxygens (including phenoxy) is 1. The number of nitrogens with zero attached hydrogens (tertiary/aromatic N) is 2. The molecule has 0 saturated carbocycles. The Morgan fingerprint density at radius 1 is 1.08 bits per heavy atom. The first kappa shape index (κ1) is 15.3. The van der Waals surface area contributed by atoms with E-state index in [0.29, 0.717) is 25.4 Å². The van der Waals surface area contributed by atoms with Gasteiger partial charge in [-0.15, -0.1) is 0 Å². The zero-order valence-corrected chi connectivity index (χ0v) is 14.2. The number of aromatic nitrogens is 1. The van der Waals surface area contributed by atoms with E-state index in [1.165, 1.54) is 11.1 Å². The van der Waals surface area contributed by atoms with E-state index in [-0.39, 0.29) is 17.3 Å². The van der Waals surface area contributed by atoms with Crippen molar-refractivity contribution in [2.24, 2.45) is 0 Å². The van der Waals surface area contributed by atoms with Crippen LogP contribution < -0.4 is 0 Å². The van der Waals surface area contributed by atoms with Crippen molar-refractivity contribution in [2.75, 3.05) is 13.1 Å². The maximum Gasteiger partial charge on any atom is 0.292 e. The van der Waals surface area contributed by atoms with Crippen LogP contribution in [-0.2, 0) is 16.9 Å². The minimum absolute atomic E-state index is 0.135. The second kappa shape index (κ2) is 5.81. The van der Waals surface area contributed by atoms with Gasteiger partial charge in [0, 0.05) is 18.2 Å². The van der Waals surface area contributed by atoms with Gasteiger partial charge in [0.25, 0.3) is 5.91 Å². The number of fused-ring (bicyclic) bond motifs is 2. The maximum absolute atomic E-state index is 12.9. The molecule has 1 saturated heterocycles. The molecule has 1 aromatic heterocycles. The first-order chi connectivity index (χ1) is 12.8. The van der Waals surface area contributed by atoms with E-state index in [0.717, 1.165) is 12.0 Å². The van der Waals surface area contributed by atoms with Crippen LogP contribution in [0.15, 0.2) is 65.2 Å². The molecule has 1 amide bonds. The molecule has 5 nitrogen and oxygen atoms in total. The number of carbonyl (C=O) groups excluding carboxylic acids is 1. The standard InChI is InChI=1S/C21H18N2O3/c24-20(19-12-18(22-26-19)15-6-2-1-3-7-15)23-11-10-21(14-23)17-9-5-4-8-16(17)13-25-21/h1-9,12H,10-11,13-14H2/t21-/m1/s1. The van der Waals surface area contributed by atoms with Crippen LogP contribution in [0, 0.1) is 0 Å². The van der Waals surface area contributed by atoms with Crippen LogP contribution in [0.5, 0.6) is 0 Å². The van der Waals surface area contributed by atoms with Crippen LogP contribution in [0.4, 0.5) is 0 Å². The molecule has 2 aliphatic rings. The zero-order chi connectivity index (χ0) is 17.6. The van der Waals surface area contributed by atoms with Crippen molar-refractivity contribution in [3.8, 4) is 11.3 Å². The molecule has 1 fully saturated rings. The molecule has 3 aromatic rings. The fourth-order valence-electron chi connectivity index (χ4n) is 3.95. The van der Waals surface area contributed by atoms with Crippen LogP contribution in [0.2, 0.25) is 0 Å². The molecular weight excluding hydrogens is 328 g/mol. The third-order valence-corrected chi connectivity index (χ3v) is 5.32. The third-order valence-electron chi connectivity index (χ3n) is 5.32. The van der Waals surface area contributed by atoms with Gasteiger partial charge >= 0.3 is 0 Å². The fourth-order valence-corrected chi connectivity index (χ4v) is 3.95. The number of carbonyl (C=O) groups is 1. The van der Waals surface area contributed by atoms with E-state index < -0.39 is 0 Å². The number of hydrogen-bond acceptors (Lipinski definition) is 4. The van der Waals surface area contributed by atoms with Gasteiger partial charge in [-0.25, -0.2) is 0 Å². The predicted octanol–water partition coefficient (Wildman–Crippen LogP) is 3.61. The lowest BCUT2D eigenvalue weighted by Gasteiger charge is -2.24. The van der Waals surface area contributed by atoms with Crippen LogP contribution in [0.1, 0.15) is 28.1 Å². The van der Waals surface area contributed by atoms with Crippen LogP contribution in [0.25, 0.3) is 11.3 Å². The van der Waals surface area contributed by atoms with Crippen LogP contribution in [0.3, 0.4) is 0 Å². The lowest BCUT2D eigenvalue weighted by molar-refractivity contribution is -0.0284. The molecule has 2 aromatic carbocycles. The number of amides is 1. The van der Waals surface area contributed by atoms with Crippen molar-refractivity contribution in [3.05, 3.63) is 77.6 Å². The Morgan fingerprint density at radius 3 is 2.77 bits per heavy atom. The molecule has 3 heterocycles. The lowest BCUT2D eigenvalue weighted by Crippen LogP contribution is -2.34. The molecule has 0 N–H and O–H groups in total. The Kier molecular flexibility index (Phi) is 3.43. The normalized spacial score (nSPS) is 21.3. The van der Waals surface area contributed by atoms with E-state index >= 15 is 0 Å². The molecule has 1 spiro atoms. The number of rotatable bonds is 2. The highest BCUT2D eigenvalue weighted by Crippen LogP contribution is 2.43. The quantitative estimate of drug-likeness (QED) is 0.711. The van der Waals surface area contributed by atoms with Crippen molar-refractivity contribution in [1.82, 2.24) is 10.1 Å². The summed E-state index contributed by atoms with van der Waals surface area (Å²) in [6.07, 6.45) is 0.801. The van der Waals surface area contributed by atoms with E-state index in [1.807, 2.05) is 42.5 Å². The Labute approximate surface area is 151 Å². The summed E-state index contributed by atoms with van der Waals surface area (Å²) in [6, 6.07) is 19.7. The van der Waals surface area contributed by atoms with Crippen LogP contribution in [-0.4, -0.2) is 29.1 Å². The van der Waals surface area contributed by atoms with E-state index in [9.17, 15) is 4.79 Å². The summed E-state index contributed by atoms with van der Waals surface area (Å²) in [5.74, 6) is 0.136. The van der Waals surface area contributed by atoms with Gasteiger partial charge in [0.1, 0.15) is 11.3 Å². The largest absolute Gasteiger partial charge is 0.364 e. The number of likely N-dealkylation sites (tertiary alicyclic amines) is 1. The van der Waals surface area contributed by atoms with Gasteiger partial charge in [-0.1, -0.05) is 59.8 Å². The molecule has 0 bridgehead atoms. The predicted molar refractivity (Wildman–Crippen MR) is 95.4 cm³/mol. The summed E-state index contributed by atoms with van der Waals surface area (Å²) < 4.78 is 11.5. The average Bonchev–Trinajstić information content (AvgIpc) is 3.43. The number of hydrogen-bond donors (Lipinski definition) is 0. The van der Waals surface area contributed by atoms with Gasteiger partial charge in [0.05, 0.1) is 13.2 Å². The first-order valence-electron chi connectivity index (χ1n) is 8.79. The number of benzene rings is 2. The third kappa shape index (κ3) is 2.35. The minimum atomic E-state index is -0.380. The molecule has 0 unspecified atom stereocenters. The zero-order valence-electron chi connectivity index (χ0n) is 14.2. The van der Waals surface area contributed by atoms with Gasteiger partial charge in [-0.05, 0) is 17.5 Å². The molecule has 130 valence electrons. The van der Waals surface area contributed by atoms with Crippen molar-refractivity contribution < 1.29 is 14.1 Å². The van der Waals surface area contributed by atoms with E-state index in [1.54, 1.807) is 11.0 Å². The molecule has 0 radical (unpaired) electrons. The van der Waals surface area contributed by atoms with Crippen molar-refractivity contribution in [2.45, 2.75) is 18.6 Å². The molecule has 0 aliphatic carbocycles. The van der Waals surface area contributed by atoms with Gasteiger partial charge in [0.2, 0.25) is 5.76 Å². The summed E-state index contributed by atoms with van der Waals surface area (Å²) in [5, 5.41) is 4.05. The smallest absolute Gasteiger partial charge is 0.292 e. The Morgan fingerprint density at radius 2 is 1.88 bits per heavy atom. The second-order valence-corrected chi connectivity index (χ2v) is 6.86. The molecule has 5 rings (SSSR count). The molecular formula is C21H18N2O3. The van der Waals surface area contributed by atoms with Crippen molar-refractivity contribution >= 4 is 5.91 Å². The average molecular weight is 346 g/mol. The summed E-state index contributed by atoms with van der Waals surface area (Å²) in [4.78, 5) is 14.7. The molecule has 26 heavy (non-hydrogen) atoms. The van der Waals surface area contributed by atoms with E-state index in [4.69, 9.17) is 9.26 Å². The second-order valence-electron chi connectivity index (χ2n) is 6.86. The SMILES string of the molecule is O=C(c1cc(-c2ccccc2)no1)N1CC[C@]2(C1)OCc1ccccc12. The lowest BCUT2D eigenvalue weighted by atomic mass is 9.92. The summed E-state index contributed by atoms with van der Waals surface area (Å²) in [7, 11) is 0. The van der Waals surface area contributed by atoms with Gasteiger partial charge in [-0.2, -0.15) is 0 Å². The van der Waals surface area contributed by atoms with Crippen molar-refractivity contribution in [1.29, 1.82) is 0 Å². The highest BCUT2D eigenvalue weighted by molar-refractivity contribution is 5.92. The fraction of sp³-hybridized carbons (Fsp3) is 0.238. The highest BCUT2D eigenvalue weighted by Gasteiger charge is 2.47. The van der Waals surface area contributed by atoms with Crippen LogP contribution >= 0.6 is 0 Å². The van der Waals surface area contributed by atoms with Crippen molar-refractivity contribution in [3.63, 3.8) is 0 Å².